The first-order valence-corrected chi connectivity index (χ1v) is 7.44. The Morgan fingerprint density at radius 1 is 1.05 bits per heavy atom. The molecule has 5 heteroatoms. The van der Waals surface area contributed by atoms with Gasteiger partial charge in [0.25, 0.3) is 0 Å². The Kier molecular flexibility index (Phi) is 4.23. The predicted molar refractivity (Wildman–Crippen MR) is 84.8 cm³/mol. The van der Waals surface area contributed by atoms with E-state index in [1.54, 1.807) is 12.1 Å². The second-order valence-corrected chi connectivity index (χ2v) is 5.40. The van der Waals surface area contributed by atoms with Crippen molar-refractivity contribution in [1.82, 2.24) is 9.88 Å². The van der Waals surface area contributed by atoms with E-state index >= 15 is 0 Å². The fourth-order valence-corrected chi connectivity index (χ4v) is 2.63. The maximum atomic E-state index is 12.3. The van der Waals surface area contributed by atoms with Crippen molar-refractivity contribution in [2.45, 2.75) is 6.42 Å². The first-order valence-electron chi connectivity index (χ1n) is 7.44. The standard InChI is InChI=1S/C17H19N3O2/c21-15-6-7-16(18-13-15)19-8-10-20(11-9-19)17(22)12-14-4-2-1-3-5-14/h1-7,13,21H,8-12H2. The van der Waals surface area contributed by atoms with Gasteiger partial charge in [0.15, 0.2) is 0 Å². The van der Waals surface area contributed by atoms with E-state index in [2.05, 4.69) is 9.88 Å². The van der Waals surface area contributed by atoms with Crippen molar-refractivity contribution in [3.8, 4) is 5.75 Å². The zero-order valence-electron chi connectivity index (χ0n) is 12.4. The van der Waals surface area contributed by atoms with Gasteiger partial charge in [0.05, 0.1) is 12.6 Å². The summed E-state index contributed by atoms with van der Waals surface area (Å²) in [5, 5.41) is 9.28. The van der Waals surface area contributed by atoms with Gasteiger partial charge in [-0.05, 0) is 17.7 Å². The lowest BCUT2D eigenvalue weighted by molar-refractivity contribution is -0.130. The number of rotatable bonds is 3. The van der Waals surface area contributed by atoms with E-state index in [-0.39, 0.29) is 11.7 Å². The average molecular weight is 297 g/mol. The quantitative estimate of drug-likeness (QED) is 0.936. The van der Waals surface area contributed by atoms with E-state index in [4.69, 9.17) is 0 Å². The van der Waals surface area contributed by atoms with E-state index in [0.29, 0.717) is 19.5 Å². The van der Waals surface area contributed by atoms with Crippen molar-refractivity contribution < 1.29 is 9.90 Å². The SMILES string of the molecule is O=C(Cc1ccccc1)N1CCN(c2ccc(O)cn2)CC1. The van der Waals surface area contributed by atoms with Gasteiger partial charge in [0.2, 0.25) is 5.91 Å². The van der Waals surface area contributed by atoms with Gasteiger partial charge in [0.1, 0.15) is 11.6 Å². The van der Waals surface area contributed by atoms with Crippen LogP contribution in [0.25, 0.3) is 0 Å². The molecule has 0 bridgehead atoms. The Morgan fingerprint density at radius 2 is 1.77 bits per heavy atom. The molecule has 5 nitrogen and oxygen atoms in total. The Morgan fingerprint density at radius 3 is 2.41 bits per heavy atom. The monoisotopic (exact) mass is 297 g/mol. The molecule has 3 rings (SSSR count). The van der Waals surface area contributed by atoms with E-state index in [0.717, 1.165) is 24.5 Å². The maximum absolute atomic E-state index is 12.3. The number of amides is 1. The summed E-state index contributed by atoms with van der Waals surface area (Å²) in [7, 11) is 0. The topological polar surface area (TPSA) is 56.7 Å². The van der Waals surface area contributed by atoms with Crippen LogP contribution in [0.4, 0.5) is 5.82 Å². The van der Waals surface area contributed by atoms with Crippen LogP contribution in [0.3, 0.4) is 0 Å². The van der Waals surface area contributed by atoms with Crippen LogP contribution in [-0.2, 0) is 11.2 Å². The number of piperazine rings is 1. The number of carbonyl (C=O) groups excluding carboxylic acids is 1. The molecule has 1 aliphatic heterocycles. The number of hydrogen-bond donors (Lipinski definition) is 1. The van der Waals surface area contributed by atoms with Gasteiger partial charge < -0.3 is 14.9 Å². The minimum atomic E-state index is 0.167. The van der Waals surface area contributed by atoms with E-state index in [1.807, 2.05) is 35.2 Å². The fourth-order valence-electron chi connectivity index (χ4n) is 2.63. The summed E-state index contributed by atoms with van der Waals surface area (Å²) in [5.41, 5.74) is 1.05. The largest absolute Gasteiger partial charge is 0.506 e. The van der Waals surface area contributed by atoms with Crippen molar-refractivity contribution in [3.63, 3.8) is 0 Å². The van der Waals surface area contributed by atoms with Gasteiger partial charge in [-0.2, -0.15) is 0 Å². The zero-order valence-corrected chi connectivity index (χ0v) is 12.4. The van der Waals surface area contributed by atoms with Crippen molar-refractivity contribution in [2.24, 2.45) is 0 Å². The first-order chi connectivity index (χ1) is 10.7. The normalized spacial score (nSPS) is 14.9. The van der Waals surface area contributed by atoms with Gasteiger partial charge in [-0.1, -0.05) is 30.3 Å². The van der Waals surface area contributed by atoms with Crippen LogP contribution in [0.15, 0.2) is 48.7 Å². The third kappa shape index (κ3) is 3.36. The second kappa shape index (κ2) is 6.47. The van der Waals surface area contributed by atoms with Gasteiger partial charge in [-0.15, -0.1) is 0 Å². The van der Waals surface area contributed by atoms with Crippen LogP contribution in [-0.4, -0.2) is 47.1 Å². The van der Waals surface area contributed by atoms with Gasteiger partial charge in [-0.25, -0.2) is 4.98 Å². The molecule has 2 aromatic rings. The number of anilines is 1. The number of nitrogens with zero attached hydrogens (tertiary/aromatic N) is 3. The smallest absolute Gasteiger partial charge is 0.227 e. The third-order valence-electron chi connectivity index (χ3n) is 3.89. The summed E-state index contributed by atoms with van der Waals surface area (Å²) in [6.45, 7) is 2.93. The summed E-state index contributed by atoms with van der Waals surface area (Å²) in [5.74, 6) is 1.18. The molecule has 22 heavy (non-hydrogen) atoms. The van der Waals surface area contributed by atoms with Crippen molar-refractivity contribution in [3.05, 3.63) is 54.2 Å². The summed E-state index contributed by atoms with van der Waals surface area (Å²) in [6.07, 6.45) is 1.90. The molecule has 1 aromatic carbocycles. The number of carbonyl (C=O) groups is 1. The van der Waals surface area contributed by atoms with Gasteiger partial charge in [0, 0.05) is 26.2 Å². The van der Waals surface area contributed by atoms with Crippen LogP contribution in [0.1, 0.15) is 5.56 Å². The average Bonchev–Trinajstić information content (AvgIpc) is 2.57. The molecule has 1 aliphatic rings. The predicted octanol–water partition coefficient (Wildman–Crippen LogP) is 1.68. The lowest BCUT2D eigenvalue weighted by Gasteiger charge is -2.35. The molecule has 0 radical (unpaired) electrons. The summed E-state index contributed by atoms with van der Waals surface area (Å²) in [6, 6.07) is 13.3. The van der Waals surface area contributed by atoms with Crippen molar-refractivity contribution >= 4 is 11.7 Å². The molecular weight excluding hydrogens is 278 g/mol. The second-order valence-electron chi connectivity index (χ2n) is 5.40. The number of aromatic nitrogens is 1. The minimum Gasteiger partial charge on any atom is -0.506 e. The van der Waals surface area contributed by atoms with Crippen LogP contribution in [0, 0.1) is 0 Å². The Balaban J connectivity index is 1.55. The van der Waals surface area contributed by atoms with Crippen LogP contribution < -0.4 is 4.90 Å². The Hall–Kier alpha value is -2.56. The van der Waals surface area contributed by atoms with E-state index in [9.17, 15) is 9.90 Å². The first kappa shape index (κ1) is 14.4. The van der Waals surface area contributed by atoms with Crippen LogP contribution in [0.2, 0.25) is 0 Å². The number of pyridine rings is 1. The zero-order chi connectivity index (χ0) is 15.4. The highest BCUT2D eigenvalue weighted by Crippen LogP contribution is 2.16. The molecule has 114 valence electrons. The molecule has 1 fully saturated rings. The third-order valence-corrected chi connectivity index (χ3v) is 3.89. The number of aromatic hydroxyl groups is 1. The molecule has 0 saturated carbocycles. The molecule has 2 heterocycles. The molecule has 1 N–H and O–H groups in total. The van der Waals surface area contributed by atoms with Gasteiger partial charge >= 0.3 is 0 Å². The van der Waals surface area contributed by atoms with Gasteiger partial charge in [-0.3, -0.25) is 4.79 Å². The molecule has 0 unspecified atom stereocenters. The van der Waals surface area contributed by atoms with E-state index in [1.165, 1.54) is 6.20 Å². The molecular formula is C17H19N3O2. The molecule has 1 amide bonds. The molecule has 1 aromatic heterocycles. The summed E-state index contributed by atoms with van der Waals surface area (Å²) >= 11 is 0. The highest BCUT2D eigenvalue weighted by atomic mass is 16.3. The molecule has 0 spiro atoms. The fraction of sp³-hybridized carbons (Fsp3) is 0.294. The number of benzene rings is 1. The highest BCUT2D eigenvalue weighted by molar-refractivity contribution is 5.79. The highest BCUT2D eigenvalue weighted by Gasteiger charge is 2.21. The lowest BCUT2D eigenvalue weighted by Crippen LogP contribution is -2.49. The maximum Gasteiger partial charge on any atom is 0.227 e. The molecule has 0 atom stereocenters. The van der Waals surface area contributed by atoms with Crippen LogP contribution in [0.5, 0.6) is 5.75 Å². The van der Waals surface area contributed by atoms with Crippen molar-refractivity contribution in [2.75, 3.05) is 31.1 Å². The summed E-state index contributed by atoms with van der Waals surface area (Å²) in [4.78, 5) is 20.6. The molecule has 0 aliphatic carbocycles. The molecule has 1 saturated heterocycles. The minimum absolute atomic E-state index is 0.167. The van der Waals surface area contributed by atoms with Crippen molar-refractivity contribution in [1.29, 1.82) is 0 Å². The van der Waals surface area contributed by atoms with Crippen LogP contribution >= 0.6 is 0 Å². The van der Waals surface area contributed by atoms with E-state index < -0.39 is 0 Å². The Labute approximate surface area is 129 Å². The lowest BCUT2D eigenvalue weighted by atomic mass is 10.1. The Bertz CT molecular complexity index is 620. The number of hydrogen-bond acceptors (Lipinski definition) is 4. The summed E-state index contributed by atoms with van der Waals surface area (Å²) < 4.78 is 0.